The number of piperidine rings is 1. The highest BCUT2D eigenvalue weighted by molar-refractivity contribution is 5.70. The van der Waals surface area contributed by atoms with E-state index >= 15 is 0 Å². The number of aromatic amines is 1. The van der Waals surface area contributed by atoms with Crippen molar-refractivity contribution < 1.29 is 0 Å². The van der Waals surface area contributed by atoms with Crippen LogP contribution in [-0.4, -0.2) is 28.0 Å². The van der Waals surface area contributed by atoms with Crippen LogP contribution in [0.3, 0.4) is 0 Å². The highest BCUT2D eigenvalue weighted by atomic mass is 15.0. The van der Waals surface area contributed by atoms with Crippen LogP contribution in [0.2, 0.25) is 0 Å². The van der Waals surface area contributed by atoms with E-state index in [1.807, 2.05) is 12.1 Å². The molecule has 0 saturated carbocycles. The van der Waals surface area contributed by atoms with Gasteiger partial charge in [-0.25, -0.2) is 9.97 Å². The molecule has 0 amide bonds. The average Bonchev–Trinajstić information content (AvgIpc) is 2.84. The zero-order valence-corrected chi connectivity index (χ0v) is 10.2. The molecule has 0 aliphatic carbocycles. The second-order valence-corrected chi connectivity index (χ2v) is 4.84. The molecule has 1 aliphatic heterocycles. The first-order valence-corrected chi connectivity index (χ1v) is 6.36. The van der Waals surface area contributed by atoms with E-state index in [9.17, 15) is 0 Å². The molecule has 3 rings (SSSR count). The minimum Gasteiger partial charge on any atom is -0.340 e. The maximum atomic E-state index is 4.68. The molecule has 90 valence electrons. The van der Waals surface area contributed by atoms with Crippen LogP contribution in [0.1, 0.15) is 32.0 Å². The summed E-state index contributed by atoms with van der Waals surface area (Å²) < 4.78 is 0. The van der Waals surface area contributed by atoms with Crippen molar-refractivity contribution >= 4 is 11.2 Å². The van der Waals surface area contributed by atoms with Gasteiger partial charge in [-0.05, 0) is 44.5 Å². The summed E-state index contributed by atoms with van der Waals surface area (Å²) in [5.74, 6) is 1.12. The van der Waals surface area contributed by atoms with E-state index in [0.29, 0.717) is 0 Å². The number of fused-ring (bicyclic) bond motifs is 1. The minimum atomic E-state index is 0.214. The van der Waals surface area contributed by atoms with Gasteiger partial charge in [0.15, 0.2) is 5.65 Å². The number of H-pyrrole nitrogens is 1. The Morgan fingerprint density at radius 2 is 2.18 bits per heavy atom. The summed E-state index contributed by atoms with van der Waals surface area (Å²) in [6.45, 7) is 4.42. The third-order valence-electron chi connectivity index (χ3n) is 4.00. The Morgan fingerprint density at radius 1 is 1.35 bits per heavy atom. The number of aromatic nitrogens is 3. The van der Waals surface area contributed by atoms with E-state index in [0.717, 1.165) is 49.3 Å². The van der Waals surface area contributed by atoms with Crippen LogP contribution in [0.15, 0.2) is 18.3 Å². The van der Waals surface area contributed by atoms with Crippen molar-refractivity contribution in [3.8, 4) is 0 Å². The van der Waals surface area contributed by atoms with Gasteiger partial charge in [0.25, 0.3) is 0 Å². The highest BCUT2D eigenvalue weighted by Crippen LogP contribution is 2.35. The number of imidazole rings is 1. The van der Waals surface area contributed by atoms with Crippen molar-refractivity contribution in [1.82, 2.24) is 20.3 Å². The van der Waals surface area contributed by atoms with Gasteiger partial charge in [-0.15, -0.1) is 0 Å². The Kier molecular flexibility index (Phi) is 2.59. The summed E-state index contributed by atoms with van der Waals surface area (Å²) in [6, 6.07) is 3.99. The van der Waals surface area contributed by atoms with Crippen molar-refractivity contribution in [2.24, 2.45) is 0 Å². The maximum Gasteiger partial charge on any atom is 0.177 e. The van der Waals surface area contributed by atoms with Crippen LogP contribution in [-0.2, 0) is 5.41 Å². The van der Waals surface area contributed by atoms with E-state index in [4.69, 9.17) is 0 Å². The van der Waals surface area contributed by atoms with Gasteiger partial charge >= 0.3 is 0 Å². The topological polar surface area (TPSA) is 53.6 Å². The Labute approximate surface area is 101 Å². The van der Waals surface area contributed by atoms with E-state index in [1.54, 1.807) is 6.20 Å². The molecule has 0 unspecified atom stereocenters. The van der Waals surface area contributed by atoms with Crippen LogP contribution in [0.5, 0.6) is 0 Å². The van der Waals surface area contributed by atoms with Gasteiger partial charge in [0.1, 0.15) is 5.82 Å². The van der Waals surface area contributed by atoms with E-state index in [2.05, 4.69) is 27.2 Å². The summed E-state index contributed by atoms with van der Waals surface area (Å²) in [5.41, 5.74) is 2.11. The second-order valence-electron chi connectivity index (χ2n) is 4.84. The molecule has 17 heavy (non-hydrogen) atoms. The molecule has 2 N–H and O–H groups in total. The number of rotatable bonds is 2. The van der Waals surface area contributed by atoms with E-state index in [1.165, 1.54) is 0 Å². The normalized spacial score (nSPS) is 19.6. The minimum absolute atomic E-state index is 0.214. The van der Waals surface area contributed by atoms with Crippen LogP contribution < -0.4 is 5.32 Å². The first-order valence-electron chi connectivity index (χ1n) is 6.36. The lowest BCUT2D eigenvalue weighted by molar-refractivity contribution is 0.285. The largest absolute Gasteiger partial charge is 0.340 e. The van der Waals surface area contributed by atoms with Crippen LogP contribution >= 0.6 is 0 Å². The van der Waals surface area contributed by atoms with Crippen molar-refractivity contribution in [3.63, 3.8) is 0 Å². The summed E-state index contributed by atoms with van der Waals surface area (Å²) in [5, 5.41) is 3.42. The molecule has 1 saturated heterocycles. The lowest BCUT2D eigenvalue weighted by atomic mass is 9.76. The smallest absolute Gasteiger partial charge is 0.177 e. The molecule has 0 aromatic carbocycles. The SMILES string of the molecule is CCC1(c2nc3ncccc3[nH]2)CCNCC1. The van der Waals surface area contributed by atoms with E-state index < -0.39 is 0 Å². The lowest BCUT2D eigenvalue weighted by Gasteiger charge is -2.34. The standard InChI is InChI=1S/C13H18N4/c1-2-13(5-8-14-9-6-13)12-16-10-4-3-7-15-11(10)17-12/h3-4,7,14H,2,5-6,8-9H2,1H3,(H,15,16,17). The lowest BCUT2D eigenvalue weighted by Crippen LogP contribution is -2.40. The molecule has 2 aromatic rings. The second kappa shape index (κ2) is 4.11. The maximum absolute atomic E-state index is 4.68. The zero-order valence-electron chi connectivity index (χ0n) is 10.2. The number of hydrogen-bond acceptors (Lipinski definition) is 3. The quantitative estimate of drug-likeness (QED) is 0.829. The predicted molar refractivity (Wildman–Crippen MR) is 68.0 cm³/mol. The van der Waals surface area contributed by atoms with Gasteiger partial charge < -0.3 is 10.3 Å². The first-order chi connectivity index (χ1) is 8.34. The van der Waals surface area contributed by atoms with Crippen molar-refractivity contribution in [2.45, 2.75) is 31.6 Å². The third kappa shape index (κ3) is 1.72. The van der Waals surface area contributed by atoms with Crippen LogP contribution in [0.4, 0.5) is 0 Å². The third-order valence-corrected chi connectivity index (χ3v) is 4.00. The Morgan fingerprint density at radius 3 is 2.88 bits per heavy atom. The van der Waals surface area contributed by atoms with Gasteiger partial charge in [0, 0.05) is 11.6 Å². The zero-order chi connectivity index (χ0) is 11.7. The number of nitrogens with zero attached hydrogens (tertiary/aromatic N) is 2. The van der Waals surface area contributed by atoms with Crippen LogP contribution in [0, 0.1) is 0 Å². The summed E-state index contributed by atoms with van der Waals surface area (Å²) in [4.78, 5) is 12.4. The Bertz CT molecular complexity index is 478. The fraction of sp³-hybridized carbons (Fsp3) is 0.538. The molecule has 2 aromatic heterocycles. The molecule has 3 heterocycles. The van der Waals surface area contributed by atoms with Crippen LogP contribution in [0.25, 0.3) is 11.2 Å². The molecular weight excluding hydrogens is 212 g/mol. The van der Waals surface area contributed by atoms with Crippen molar-refractivity contribution in [1.29, 1.82) is 0 Å². The number of nitrogens with one attached hydrogen (secondary N) is 2. The monoisotopic (exact) mass is 230 g/mol. The fourth-order valence-corrected chi connectivity index (χ4v) is 2.76. The van der Waals surface area contributed by atoms with Gasteiger partial charge in [-0.1, -0.05) is 6.92 Å². The Balaban J connectivity index is 2.05. The summed E-state index contributed by atoms with van der Waals surface area (Å²) in [7, 11) is 0. The van der Waals surface area contributed by atoms with E-state index in [-0.39, 0.29) is 5.41 Å². The van der Waals surface area contributed by atoms with Crippen molar-refractivity contribution in [2.75, 3.05) is 13.1 Å². The first kappa shape index (κ1) is 10.7. The molecule has 4 nitrogen and oxygen atoms in total. The van der Waals surface area contributed by atoms with Crippen molar-refractivity contribution in [3.05, 3.63) is 24.2 Å². The highest BCUT2D eigenvalue weighted by Gasteiger charge is 2.35. The number of pyridine rings is 1. The molecule has 1 aliphatic rings. The molecule has 0 radical (unpaired) electrons. The molecule has 0 bridgehead atoms. The predicted octanol–water partition coefficient (Wildman–Crippen LogP) is 1.99. The van der Waals surface area contributed by atoms with Gasteiger partial charge in [0.05, 0.1) is 5.52 Å². The molecule has 0 spiro atoms. The van der Waals surface area contributed by atoms with Gasteiger partial charge in [-0.3, -0.25) is 0 Å². The summed E-state index contributed by atoms with van der Waals surface area (Å²) in [6.07, 6.45) is 5.25. The molecule has 0 atom stereocenters. The summed E-state index contributed by atoms with van der Waals surface area (Å²) >= 11 is 0. The van der Waals surface area contributed by atoms with Gasteiger partial charge in [-0.2, -0.15) is 0 Å². The molecule has 4 heteroatoms. The Hall–Kier alpha value is -1.42. The average molecular weight is 230 g/mol. The molecule has 1 fully saturated rings. The van der Waals surface area contributed by atoms with Gasteiger partial charge in [0.2, 0.25) is 0 Å². The number of hydrogen-bond donors (Lipinski definition) is 2. The molecular formula is C13H18N4. The fourth-order valence-electron chi connectivity index (χ4n) is 2.76.